The maximum atomic E-state index is 9.83. The van der Waals surface area contributed by atoms with Gasteiger partial charge in [0.1, 0.15) is 6.61 Å². The Bertz CT molecular complexity index is 931. The predicted octanol–water partition coefficient (Wildman–Crippen LogP) is 3.10. The van der Waals surface area contributed by atoms with Gasteiger partial charge >= 0.3 is 0 Å². The second kappa shape index (κ2) is 9.34. The molecule has 168 valence electrons. The number of fused-ring (bicyclic) bond motifs is 4. The Morgan fingerprint density at radius 3 is 2.55 bits per heavy atom. The molecule has 0 saturated carbocycles. The number of nitrogens with zero attached hydrogens (tertiary/aromatic N) is 1. The molecule has 0 saturated heterocycles. The first-order valence-electron chi connectivity index (χ1n) is 10.7. The molecular weight excluding hydrogens is 398 g/mol. The van der Waals surface area contributed by atoms with Crippen molar-refractivity contribution in [3.05, 3.63) is 46.5 Å². The van der Waals surface area contributed by atoms with E-state index in [0.717, 1.165) is 37.4 Å². The Hall–Kier alpha value is -2.48. The van der Waals surface area contributed by atoms with Crippen LogP contribution in [0.5, 0.6) is 23.0 Å². The minimum absolute atomic E-state index is 0.0630. The number of aliphatic hydroxyl groups excluding tert-OH is 1. The van der Waals surface area contributed by atoms with E-state index in [4.69, 9.17) is 23.7 Å². The molecule has 2 heterocycles. The molecule has 0 aromatic heterocycles. The van der Waals surface area contributed by atoms with E-state index in [1.165, 1.54) is 22.3 Å². The van der Waals surface area contributed by atoms with Gasteiger partial charge in [0.15, 0.2) is 29.3 Å². The van der Waals surface area contributed by atoms with Crippen LogP contribution in [0, 0.1) is 0 Å². The van der Waals surface area contributed by atoms with Gasteiger partial charge in [0, 0.05) is 31.3 Å². The third-order valence-electron chi connectivity index (χ3n) is 6.15. The lowest BCUT2D eigenvalue weighted by Gasteiger charge is -2.42. The van der Waals surface area contributed by atoms with Crippen LogP contribution in [0.4, 0.5) is 0 Å². The zero-order chi connectivity index (χ0) is 22.0. The minimum Gasteiger partial charge on any atom is -0.493 e. The van der Waals surface area contributed by atoms with E-state index in [-0.39, 0.29) is 12.6 Å². The standard InChI is InChI=1S/C24H31NO6/c1-5-30-23(26)14-31-22-11-16-8-9-25-13-18-15(6-7-20(27-2)24(18)29-4)10-19(25)17(16)12-21(22)28-3/h6-7,11-12,19,23,26H,5,8-10,13-14H2,1-4H3. The molecule has 2 unspecified atom stereocenters. The summed E-state index contributed by atoms with van der Waals surface area (Å²) in [6, 6.07) is 8.53. The van der Waals surface area contributed by atoms with Crippen molar-refractivity contribution in [2.75, 3.05) is 41.1 Å². The third kappa shape index (κ3) is 4.18. The van der Waals surface area contributed by atoms with Gasteiger partial charge in [0.2, 0.25) is 0 Å². The van der Waals surface area contributed by atoms with E-state index in [1.807, 2.05) is 19.1 Å². The second-order valence-corrected chi connectivity index (χ2v) is 7.80. The van der Waals surface area contributed by atoms with E-state index < -0.39 is 6.29 Å². The van der Waals surface area contributed by atoms with E-state index in [0.29, 0.717) is 18.1 Å². The monoisotopic (exact) mass is 429 g/mol. The smallest absolute Gasteiger partial charge is 0.189 e. The lowest BCUT2D eigenvalue weighted by molar-refractivity contribution is -0.115. The molecule has 0 spiro atoms. The lowest BCUT2D eigenvalue weighted by atomic mass is 9.83. The van der Waals surface area contributed by atoms with Gasteiger partial charge in [0.05, 0.1) is 21.3 Å². The van der Waals surface area contributed by atoms with Gasteiger partial charge in [0.25, 0.3) is 0 Å². The van der Waals surface area contributed by atoms with E-state index in [9.17, 15) is 5.11 Å². The van der Waals surface area contributed by atoms with Crippen LogP contribution in [-0.2, 0) is 24.1 Å². The summed E-state index contributed by atoms with van der Waals surface area (Å²) in [6.07, 6.45) is 0.861. The number of benzene rings is 2. The van der Waals surface area contributed by atoms with Crippen molar-refractivity contribution < 1.29 is 28.8 Å². The predicted molar refractivity (Wildman–Crippen MR) is 116 cm³/mol. The van der Waals surface area contributed by atoms with Crippen LogP contribution in [-0.4, -0.2) is 57.4 Å². The van der Waals surface area contributed by atoms with Crippen LogP contribution < -0.4 is 18.9 Å². The van der Waals surface area contributed by atoms with Crippen LogP contribution in [0.15, 0.2) is 24.3 Å². The van der Waals surface area contributed by atoms with Crippen molar-refractivity contribution in [3.8, 4) is 23.0 Å². The summed E-state index contributed by atoms with van der Waals surface area (Å²) in [5, 5.41) is 9.83. The molecule has 0 bridgehead atoms. The zero-order valence-corrected chi connectivity index (χ0v) is 18.6. The molecule has 1 N–H and O–H groups in total. The Morgan fingerprint density at radius 2 is 1.84 bits per heavy atom. The van der Waals surface area contributed by atoms with E-state index >= 15 is 0 Å². The topological polar surface area (TPSA) is 69.6 Å². The molecule has 7 nitrogen and oxygen atoms in total. The average molecular weight is 430 g/mol. The fourth-order valence-corrected chi connectivity index (χ4v) is 4.67. The van der Waals surface area contributed by atoms with E-state index in [1.54, 1.807) is 21.3 Å². The Morgan fingerprint density at radius 1 is 1.03 bits per heavy atom. The summed E-state index contributed by atoms with van der Waals surface area (Å²) < 4.78 is 27.8. The summed E-state index contributed by atoms with van der Waals surface area (Å²) in [4.78, 5) is 2.49. The van der Waals surface area contributed by atoms with Crippen molar-refractivity contribution in [1.29, 1.82) is 0 Å². The largest absolute Gasteiger partial charge is 0.493 e. The Kier molecular flexibility index (Phi) is 6.55. The summed E-state index contributed by atoms with van der Waals surface area (Å²) >= 11 is 0. The van der Waals surface area contributed by atoms with Gasteiger partial charge in [-0.15, -0.1) is 0 Å². The first-order chi connectivity index (χ1) is 15.1. The molecule has 0 aliphatic carbocycles. The summed E-state index contributed by atoms with van der Waals surface area (Å²) in [5.41, 5.74) is 5.01. The minimum atomic E-state index is -0.956. The Balaban J connectivity index is 1.63. The fourth-order valence-electron chi connectivity index (χ4n) is 4.67. The molecule has 7 heteroatoms. The van der Waals surface area contributed by atoms with Gasteiger partial charge < -0.3 is 28.8 Å². The molecule has 2 aliphatic heterocycles. The highest BCUT2D eigenvalue weighted by Gasteiger charge is 2.35. The third-order valence-corrected chi connectivity index (χ3v) is 6.15. The molecule has 0 fully saturated rings. The van der Waals surface area contributed by atoms with Crippen molar-refractivity contribution in [3.63, 3.8) is 0 Å². The first-order valence-corrected chi connectivity index (χ1v) is 10.7. The lowest BCUT2D eigenvalue weighted by Crippen LogP contribution is -2.39. The number of hydrogen-bond donors (Lipinski definition) is 1. The van der Waals surface area contributed by atoms with Gasteiger partial charge in [-0.05, 0) is 54.7 Å². The maximum absolute atomic E-state index is 9.83. The molecule has 0 amide bonds. The number of methoxy groups -OCH3 is 3. The molecule has 0 radical (unpaired) electrons. The summed E-state index contributed by atoms with van der Waals surface area (Å²) in [6.45, 7) is 4.10. The van der Waals surface area contributed by atoms with Crippen LogP contribution in [0.25, 0.3) is 0 Å². The van der Waals surface area contributed by atoms with Crippen LogP contribution >= 0.6 is 0 Å². The van der Waals surface area contributed by atoms with Crippen LogP contribution in [0.1, 0.15) is 35.2 Å². The van der Waals surface area contributed by atoms with Gasteiger partial charge in [-0.25, -0.2) is 0 Å². The normalized spacial score (nSPS) is 18.4. The average Bonchev–Trinajstić information content (AvgIpc) is 2.80. The maximum Gasteiger partial charge on any atom is 0.189 e. The van der Waals surface area contributed by atoms with Crippen LogP contribution in [0.3, 0.4) is 0 Å². The molecule has 2 aliphatic rings. The molecule has 4 rings (SSSR count). The zero-order valence-electron chi connectivity index (χ0n) is 18.6. The number of rotatable bonds is 8. The number of aliphatic hydroxyl groups is 1. The summed E-state index contributed by atoms with van der Waals surface area (Å²) in [7, 11) is 5.01. The highest BCUT2D eigenvalue weighted by atomic mass is 16.6. The highest BCUT2D eigenvalue weighted by molar-refractivity contribution is 5.54. The molecule has 2 atom stereocenters. The second-order valence-electron chi connectivity index (χ2n) is 7.80. The quantitative estimate of drug-likeness (QED) is 0.647. The summed E-state index contributed by atoms with van der Waals surface area (Å²) in [5.74, 6) is 2.91. The van der Waals surface area contributed by atoms with Crippen molar-refractivity contribution in [2.24, 2.45) is 0 Å². The van der Waals surface area contributed by atoms with Gasteiger partial charge in [-0.1, -0.05) is 6.07 Å². The van der Waals surface area contributed by atoms with Gasteiger partial charge in [-0.3, -0.25) is 4.90 Å². The Labute approximate surface area is 183 Å². The van der Waals surface area contributed by atoms with Crippen molar-refractivity contribution in [2.45, 2.75) is 38.6 Å². The number of ether oxygens (including phenoxy) is 5. The van der Waals surface area contributed by atoms with Crippen LogP contribution in [0.2, 0.25) is 0 Å². The van der Waals surface area contributed by atoms with Gasteiger partial charge in [-0.2, -0.15) is 0 Å². The molecular formula is C24H31NO6. The first kappa shape index (κ1) is 21.7. The molecule has 2 aromatic carbocycles. The number of hydrogen-bond acceptors (Lipinski definition) is 7. The SMILES string of the molecule is CCOC(O)COc1cc2c(cc1OC)C1Cc3ccc(OC)c(OC)c3CN1CC2. The molecule has 2 aromatic rings. The molecule has 31 heavy (non-hydrogen) atoms. The highest BCUT2D eigenvalue weighted by Crippen LogP contribution is 2.45. The van der Waals surface area contributed by atoms with Crippen molar-refractivity contribution >= 4 is 0 Å². The van der Waals surface area contributed by atoms with E-state index in [2.05, 4.69) is 17.0 Å². The fraction of sp³-hybridized carbons (Fsp3) is 0.500. The van der Waals surface area contributed by atoms with Crippen molar-refractivity contribution in [1.82, 2.24) is 4.90 Å².